The third-order valence-corrected chi connectivity index (χ3v) is 6.25. The number of carbonyl (C=O) groups excluding carboxylic acids is 3. The van der Waals surface area contributed by atoms with Gasteiger partial charge >= 0.3 is 0 Å². The molecule has 3 aromatic rings. The fraction of sp³-hybridized carbons (Fsp3) is 0.333. The minimum Gasteiger partial charge on any atom is -0.494 e. The second-order valence-electron chi connectivity index (χ2n) is 9.43. The maximum Gasteiger partial charge on any atom is 0.274 e. The van der Waals surface area contributed by atoms with Crippen LogP contribution in [0.25, 0.3) is 0 Å². The summed E-state index contributed by atoms with van der Waals surface area (Å²) in [7, 11) is 0. The third kappa shape index (κ3) is 10.2. The number of pyridine rings is 1. The van der Waals surface area contributed by atoms with E-state index in [0.717, 1.165) is 31.2 Å². The zero-order valence-corrected chi connectivity index (χ0v) is 23.0. The smallest absolute Gasteiger partial charge is 0.274 e. The predicted octanol–water partition coefficient (Wildman–Crippen LogP) is 3.05. The molecular weight excluding hydrogens is 526 g/mol. The van der Waals surface area contributed by atoms with Crippen LogP contribution in [0.15, 0.2) is 79.0 Å². The molecule has 0 saturated heterocycles. The Labute approximate surface area is 239 Å². The third-order valence-electron chi connectivity index (χ3n) is 6.25. The Morgan fingerprint density at radius 1 is 0.878 bits per heavy atom. The molecule has 3 amide bonds. The Balaban J connectivity index is 1.75. The molecule has 0 aliphatic rings. The van der Waals surface area contributed by atoms with Crippen LogP contribution in [0.1, 0.15) is 38.2 Å². The zero-order chi connectivity index (χ0) is 29.5. The first kappa shape index (κ1) is 31.1. The molecule has 0 saturated carbocycles. The fourth-order valence-corrected chi connectivity index (χ4v) is 4.02. The van der Waals surface area contributed by atoms with Crippen molar-refractivity contribution in [1.82, 2.24) is 15.8 Å². The van der Waals surface area contributed by atoms with Crippen LogP contribution in [-0.2, 0) is 20.8 Å². The number of unbranched alkanes of at least 4 members (excludes halogenated alkanes) is 3. The predicted molar refractivity (Wildman–Crippen MR) is 154 cm³/mol. The Hall–Kier alpha value is -4.48. The molecule has 0 bridgehead atoms. The molecule has 1 aromatic heterocycles. The van der Waals surface area contributed by atoms with E-state index in [9.17, 15) is 19.5 Å². The quantitative estimate of drug-likeness (QED) is 0.0880. The van der Waals surface area contributed by atoms with Crippen molar-refractivity contribution in [3.05, 3.63) is 84.6 Å². The van der Waals surface area contributed by atoms with Crippen LogP contribution < -0.4 is 26.2 Å². The van der Waals surface area contributed by atoms with Gasteiger partial charge in [0.2, 0.25) is 11.8 Å². The lowest BCUT2D eigenvalue weighted by molar-refractivity contribution is -0.142. The normalized spacial score (nSPS) is 12.9. The second-order valence-corrected chi connectivity index (χ2v) is 9.43. The monoisotopic (exact) mass is 563 g/mol. The molecule has 0 aliphatic heterocycles. The molecule has 0 fully saturated rings. The topological polar surface area (TPSA) is 162 Å². The molecule has 0 spiro atoms. The number of aliphatic hydroxyl groups is 1. The van der Waals surface area contributed by atoms with Gasteiger partial charge in [-0.25, -0.2) is 10.5 Å². The minimum absolute atomic E-state index is 0.130. The van der Waals surface area contributed by atoms with Crippen molar-refractivity contribution in [3.63, 3.8) is 0 Å². The van der Waals surface area contributed by atoms with Gasteiger partial charge in [0.25, 0.3) is 5.91 Å². The van der Waals surface area contributed by atoms with Gasteiger partial charge in [0.05, 0.1) is 6.61 Å². The van der Waals surface area contributed by atoms with Gasteiger partial charge in [0.1, 0.15) is 23.7 Å². The Morgan fingerprint density at radius 3 is 2.27 bits per heavy atom. The molecule has 11 nitrogen and oxygen atoms in total. The van der Waals surface area contributed by atoms with Crippen molar-refractivity contribution in [1.29, 1.82) is 0 Å². The summed E-state index contributed by atoms with van der Waals surface area (Å²) in [5.74, 6) is -1.64. The van der Waals surface area contributed by atoms with Crippen LogP contribution in [0.5, 0.6) is 5.75 Å². The molecule has 1 heterocycles. The number of rotatable bonds is 16. The van der Waals surface area contributed by atoms with Crippen LogP contribution in [0, 0.1) is 0 Å². The summed E-state index contributed by atoms with van der Waals surface area (Å²) in [4.78, 5) is 42.8. The van der Waals surface area contributed by atoms with Gasteiger partial charge in [-0.1, -0.05) is 62.6 Å². The molecule has 0 radical (unpaired) electrons. The van der Waals surface area contributed by atoms with Crippen LogP contribution in [-0.4, -0.2) is 57.8 Å². The molecule has 218 valence electrons. The largest absolute Gasteiger partial charge is 0.494 e. The van der Waals surface area contributed by atoms with Crippen LogP contribution in [0.2, 0.25) is 0 Å². The van der Waals surface area contributed by atoms with Crippen molar-refractivity contribution in [2.75, 3.05) is 17.2 Å². The summed E-state index contributed by atoms with van der Waals surface area (Å²) >= 11 is 0. The summed E-state index contributed by atoms with van der Waals surface area (Å²) in [6, 6.07) is 18.1. The Morgan fingerprint density at radius 2 is 1.61 bits per heavy atom. The summed E-state index contributed by atoms with van der Waals surface area (Å²) in [5.41, 5.74) is 2.55. The van der Waals surface area contributed by atoms with Gasteiger partial charge in [-0.15, -0.1) is 0 Å². The van der Waals surface area contributed by atoms with E-state index in [4.69, 9.17) is 9.94 Å². The van der Waals surface area contributed by atoms with E-state index < -0.39 is 35.9 Å². The molecule has 3 atom stereocenters. The van der Waals surface area contributed by atoms with Crippen molar-refractivity contribution in [2.45, 2.75) is 57.2 Å². The van der Waals surface area contributed by atoms with Gasteiger partial charge in [-0.2, -0.15) is 0 Å². The Kier molecular flexibility index (Phi) is 12.6. The number of hydrogen-bond acceptors (Lipinski definition) is 8. The number of nitrogens with one attached hydrogen (secondary N) is 4. The maximum absolute atomic E-state index is 13.4. The summed E-state index contributed by atoms with van der Waals surface area (Å²) in [6.07, 6.45) is 3.98. The average molecular weight is 564 g/mol. The highest BCUT2D eigenvalue weighted by Crippen LogP contribution is 2.18. The first-order valence-electron chi connectivity index (χ1n) is 13.6. The zero-order valence-electron chi connectivity index (χ0n) is 23.0. The molecular formula is C30H37N5O6. The highest BCUT2D eigenvalue weighted by Gasteiger charge is 2.34. The average Bonchev–Trinajstić information content (AvgIpc) is 3.00. The van der Waals surface area contributed by atoms with Crippen molar-refractivity contribution >= 4 is 29.2 Å². The SMILES string of the molecule is CCCCCCOc1ccc(NC(C(=O)NC(Cc2ccccc2)C(=O)Nc2ccccn2)C(O)C(=O)NO)cc1. The van der Waals surface area contributed by atoms with Crippen molar-refractivity contribution < 1.29 is 29.4 Å². The van der Waals surface area contributed by atoms with Crippen molar-refractivity contribution in [2.24, 2.45) is 0 Å². The molecule has 3 rings (SSSR count). The number of hydroxylamine groups is 1. The maximum atomic E-state index is 13.4. The highest BCUT2D eigenvalue weighted by molar-refractivity contribution is 5.99. The van der Waals surface area contributed by atoms with Gasteiger partial charge in [0, 0.05) is 18.3 Å². The number of aromatic nitrogens is 1. The Bertz CT molecular complexity index is 1230. The lowest BCUT2D eigenvalue weighted by Crippen LogP contribution is -2.56. The molecule has 0 aliphatic carbocycles. The fourth-order valence-electron chi connectivity index (χ4n) is 4.02. The number of benzene rings is 2. The highest BCUT2D eigenvalue weighted by atomic mass is 16.5. The van der Waals surface area contributed by atoms with E-state index in [1.54, 1.807) is 42.5 Å². The van der Waals surface area contributed by atoms with E-state index in [0.29, 0.717) is 23.9 Å². The van der Waals surface area contributed by atoms with Gasteiger partial charge in [-0.05, 0) is 48.4 Å². The lowest BCUT2D eigenvalue weighted by Gasteiger charge is -2.26. The summed E-state index contributed by atoms with van der Waals surface area (Å²) in [6.45, 7) is 2.72. The lowest BCUT2D eigenvalue weighted by atomic mass is 10.0. The number of ether oxygens (including phenoxy) is 1. The molecule has 11 heteroatoms. The number of nitrogens with zero attached hydrogens (tertiary/aromatic N) is 1. The molecule has 3 unspecified atom stereocenters. The van der Waals surface area contributed by atoms with E-state index in [2.05, 4.69) is 27.9 Å². The number of amides is 3. The van der Waals surface area contributed by atoms with Gasteiger partial charge in [0.15, 0.2) is 6.10 Å². The van der Waals surface area contributed by atoms with E-state index >= 15 is 0 Å². The summed E-state index contributed by atoms with van der Waals surface area (Å²) in [5, 5.41) is 27.8. The van der Waals surface area contributed by atoms with Crippen molar-refractivity contribution in [3.8, 4) is 5.75 Å². The standard InChI is InChI=1S/C30H37N5O6/c1-2-3-4-10-19-41-23-16-14-22(15-17-23)32-26(27(36)30(39)35-40)29(38)33-24(20-21-11-6-5-7-12-21)28(37)34-25-13-8-9-18-31-25/h5-9,11-18,24,26-27,32,36,40H,2-4,10,19-20H2,1H3,(H,33,38)(H,35,39)(H,31,34,37). The van der Waals surface area contributed by atoms with Crippen LogP contribution in [0.3, 0.4) is 0 Å². The molecule has 41 heavy (non-hydrogen) atoms. The first-order valence-corrected chi connectivity index (χ1v) is 13.6. The van der Waals surface area contributed by atoms with Gasteiger partial charge < -0.3 is 25.8 Å². The molecule has 6 N–H and O–H groups in total. The van der Waals surface area contributed by atoms with E-state index in [-0.39, 0.29) is 6.42 Å². The first-order chi connectivity index (χ1) is 19.9. The number of carbonyl (C=O) groups is 3. The number of aliphatic hydroxyl groups excluding tert-OH is 1. The summed E-state index contributed by atoms with van der Waals surface area (Å²) < 4.78 is 5.74. The van der Waals surface area contributed by atoms with E-state index in [1.165, 1.54) is 11.7 Å². The van der Waals surface area contributed by atoms with E-state index in [1.807, 2.05) is 30.3 Å². The van der Waals surface area contributed by atoms with Crippen LogP contribution >= 0.6 is 0 Å². The minimum atomic E-state index is -1.98. The second kappa shape index (κ2) is 16.6. The van der Waals surface area contributed by atoms with Gasteiger partial charge in [-0.3, -0.25) is 19.6 Å². The number of hydrogen-bond donors (Lipinski definition) is 6. The number of anilines is 2. The molecule has 2 aromatic carbocycles. The van der Waals surface area contributed by atoms with Crippen LogP contribution in [0.4, 0.5) is 11.5 Å².